The van der Waals surface area contributed by atoms with Crippen molar-refractivity contribution in [3.05, 3.63) is 0 Å². The molecule has 0 aromatic carbocycles. The molecule has 5 nitrogen and oxygen atoms in total. The minimum absolute atomic E-state index is 0.193. The van der Waals surface area contributed by atoms with Gasteiger partial charge in [-0.15, -0.1) is 0 Å². The van der Waals surface area contributed by atoms with Crippen molar-refractivity contribution in [2.45, 2.75) is 51.0 Å². The van der Waals surface area contributed by atoms with Crippen molar-refractivity contribution >= 4 is 10.0 Å². The molecule has 1 atom stereocenters. The monoisotopic (exact) mass is 318 g/mol. The van der Waals surface area contributed by atoms with E-state index in [1.165, 1.54) is 38.4 Å². The predicted octanol–water partition coefficient (Wildman–Crippen LogP) is 1.28. The van der Waals surface area contributed by atoms with Crippen molar-refractivity contribution < 1.29 is 13.5 Å². The Hall–Kier alpha value is -0.170. The largest absolute Gasteiger partial charge is 0.395 e. The Morgan fingerprint density at radius 3 is 2.48 bits per heavy atom. The highest BCUT2D eigenvalue weighted by molar-refractivity contribution is 7.88. The first-order chi connectivity index (χ1) is 10.0. The maximum atomic E-state index is 11.7. The SMILES string of the molecule is CS(=O)(=O)N1CCCC(CN(CCO)C2CCCCC2)C1. The van der Waals surface area contributed by atoms with Crippen LogP contribution in [-0.4, -0.2) is 67.8 Å². The highest BCUT2D eigenvalue weighted by Crippen LogP contribution is 2.26. The Balaban J connectivity index is 1.92. The summed E-state index contributed by atoms with van der Waals surface area (Å²) in [4.78, 5) is 2.41. The molecule has 0 bridgehead atoms. The second kappa shape index (κ2) is 7.90. The van der Waals surface area contributed by atoms with E-state index in [1.54, 1.807) is 4.31 Å². The van der Waals surface area contributed by atoms with Gasteiger partial charge < -0.3 is 5.11 Å². The molecule has 1 aliphatic heterocycles. The molecule has 0 spiro atoms. The van der Waals surface area contributed by atoms with Crippen LogP contribution in [0.4, 0.5) is 0 Å². The van der Waals surface area contributed by atoms with Gasteiger partial charge in [-0.3, -0.25) is 4.90 Å². The van der Waals surface area contributed by atoms with Crippen molar-refractivity contribution in [1.29, 1.82) is 0 Å². The number of sulfonamides is 1. The summed E-state index contributed by atoms with van der Waals surface area (Å²) in [5.74, 6) is 0.405. The average Bonchev–Trinajstić information content (AvgIpc) is 2.47. The minimum Gasteiger partial charge on any atom is -0.395 e. The summed E-state index contributed by atoms with van der Waals surface area (Å²) >= 11 is 0. The number of piperidine rings is 1. The second-order valence-electron chi connectivity index (χ2n) is 6.64. The molecule has 0 aromatic heterocycles. The van der Waals surface area contributed by atoms with E-state index in [9.17, 15) is 13.5 Å². The third kappa shape index (κ3) is 5.20. The van der Waals surface area contributed by atoms with Gasteiger partial charge in [0.15, 0.2) is 0 Å². The van der Waals surface area contributed by atoms with Crippen LogP contribution in [0.3, 0.4) is 0 Å². The van der Waals surface area contributed by atoms with Crippen molar-refractivity contribution in [3.63, 3.8) is 0 Å². The van der Waals surface area contributed by atoms with E-state index in [1.807, 2.05) is 0 Å². The third-order valence-electron chi connectivity index (χ3n) is 4.92. The van der Waals surface area contributed by atoms with Crippen LogP contribution in [0.5, 0.6) is 0 Å². The Morgan fingerprint density at radius 2 is 1.86 bits per heavy atom. The quantitative estimate of drug-likeness (QED) is 0.801. The minimum atomic E-state index is -3.07. The van der Waals surface area contributed by atoms with E-state index in [4.69, 9.17) is 0 Å². The van der Waals surface area contributed by atoms with Crippen LogP contribution < -0.4 is 0 Å². The molecule has 21 heavy (non-hydrogen) atoms. The Kier molecular flexibility index (Phi) is 6.47. The van der Waals surface area contributed by atoms with E-state index in [2.05, 4.69) is 4.90 Å². The second-order valence-corrected chi connectivity index (χ2v) is 8.62. The van der Waals surface area contributed by atoms with Crippen LogP contribution in [0.2, 0.25) is 0 Å². The molecule has 1 saturated heterocycles. The van der Waals surface area contributed by atoms with Gasteiger partial charge in [0, 0.05) is 32.2 Å². The molecular weight excluding hydrogens is 288 g/mol. The molecule has 1 N–H and O–H groups in total. The lowest BCUT2D eigenvalue weighted by Crippen LogP contribution is -2.47. The van der Waals surface area contributed by atoms with E-state index in [0.717, 1.165) is 25.9 Å². The zero-order chi connectivity index (χ0) is 15.3. The molecule has 1 heterocycles. The van der Waals surface area contributed by atoms with Gasteiger partial charge in [-0.2, -0.15) is 0 Å². The summed E-state index contributed by atoms with van der Waals surface area (Å²) in [5.41, 5.74) is 0. The molecule has 2 aliphatic rings. The Morgan fingerprint density at radius 1 is 1.14 bits per heavy atom. The number of aliphatic hydroxyl groups is 1. The van der Waals surface area contributed by atoms with Crippen LogP contribution in [-0.2, 0) is 10.0 Å². The molecule has 2 rings (SSSR count). The van der Waals surface area contributed by atoms with Gasteiger partial charge in [0.25, 0.3) is 0 Å². The van der Waals surface area contributed by atoms with Gasteiger partial charge in [0.05, 0.1) is 12.9 Å². The van der Waals surface area contributed by atoms with E-state index < -0.39 is 10.0 Å². The number of nitrogens with zero attached hydrogens (tertiary/aromatic N) is 2. The topological polar surface area (TPSA) is 60.9 Å². The summed E-state index contributed by atoms with van der Waals surface area (Å²) in [6.45, 7) is 3.16. The number of aliphatic hydroxyl groups excluding tert-OH is 1. The number of hydrogen-bond acceptors (Lipinski definition) is 4. The number of hydrogen-bond donors (Lipinski definition) is 1. The summed E-state index contributed by atoms with van der Waals surface area (Å²) in [5, 5.41) is 9.33. The highest BCUT2D eigenvalue weighted by Gasteiger charge is 2.29. The van der Waals surface area contributed by atoms with Crippen LogP contribution in [0, 0.1) is 5.92 Å². The first-order valence-electron chi connectivity index (χ1n) is 8.30. The number of rotatable bonds is 6. The molecule has 1 aliphatic carbocycles. The molecular formula is C15H30N2O3S. The zero-order valence-corrected chi connectivity index (χ0v) is 14.0. The first kappa shape index (κ1) is 17.2. The third-order valence-corrected chi connectivity index (χ3v) is 6.19. The fourth-order valence-corrected chi connectivity index (χ4v) is 4.75. The van der Waals surface area contributed by atoms with Gasteiger partial charge >= 0.3 is 0 Å². The summed E-state index contributed by atoms with van der Waals surface area (Å²) in [7, 11) is -3.07. The van der Waals surface area contributed by atoms with Crippen LogP contribution in [0.1, 0.15) is 44.9 Å². The molecule has 1 saturated carbocycles. The van der Waals surface area contributed by atoms with Crippen molar-refractivity contribution in [2.75, 3.05) is 39.0 Å². The lowest BCUT2D eigenvalue weighted by atomic mass is 9.92. The molecule has 2 fully saturated rings. The standard InChI is InChI=1S/C15H30N2O3S/c1-21(19,20)17-9-5-6-14(13-17)12-16(10-11-18)15-7-3-2-4-8-15/h14-15,18H,2-13H2,1H3. The normalized spacial score (nSPS) is 26.3. The predicted molar refractivity (Wildman–Crippen MR) is 84.7 cm³/mol. The first-order valence-corrected chi connectivity index (χ1v) is 10.2. The molecule has 124 valence electrons. The van der Waals surface area contributed by atoms with Gasteiger partial charge in [-0.05, 0) is 31.6 Å². The smallest absolute Gasteiger partial charge is 0.211 e. The highest BCUT2D eigenvalue weighted by atomic mass is 32.2. The summed E-state index contributed by atoms with van der Waals surface area (Å²) in [6, 6.07) is 0.583. The van der Waals surface area contributed by atoms with Gasteiger partial charge in [-0.25, -0.2) is 12.7 Å². The Bertz CT molecular complexity index is 407. The fourth-order valence-electron chi connectivity index (χ4n) is 3.81. The van der Waals surface area contributed by atoms with Gasteiger partial charge in [0.2, 0.25) is 10.0 Å². The zero-order valence-electron chi connectivity index (χ0n) is 13.2. The van der Waals surface area contributed by atoms with Gasteiger partial charge in [-0.1, -0.05) is 19.3 Å². The maximum absolute atomic E-state index is 11.7. The van der Waals surface area contributed by atoms with Crippen molar-refractivity contribution in [2.24, 2.45) is 5.92 Å². The van der Waals surface area contributed by atoms with Crippen molar-refractivity contribution in [3.8, 4) is 0 Å². The van der Waals surface area contributed by atoms with E-state index >= 15 is 0 Å². The average molecular weight is 318 g/mol. The lowest BCUT2D eigenvalue weighted by Gasteiger charge is -2.39. The lowest BCUT2D eigenvalue weighted by molar-refractivity contribution is 0.0920. The van der Waals surface area contributed by atoms with Crippen LogP contribution in [0.15, 0.2) is 0 Å². The van der Waals surface area contributed by atoms with E-state index in [-0.39, 0.29) is 6.61 Å². The van der Waals surface area contributed by atoms with Crippen molar-refractivity contribution in [1.82, 2.24) is 9.21 Å². The fraction of sp³-hybridized carbons (Fsp3) is 1.00. The van der Waals surface area contributed by atoms with E-state index in [0.29, 0.717) is 25.0 Å². The molecule has 0 aromatic rings. The molecule has 6 heteroatoms. The van der Waals surface area contributed by atoms with Gasteiger partial charge in [0.1, 0.15) is 0 Å². The molecule has 0 radical (unpaired) electrons. The summed E-state index contributed by atoms with van der Waals surface area (Å²) < 4.78 is 25.1. The maximum Gasteiger partial charge on any atom is 0.211 e. The molecule has 0 amide bonds. The van der Waals surface area contributed by atoms with Crippen LogP contribution in [0.25, 0.3) is 0 Å². The summed E-state index contributed by atoms with van der Waals surface area (Å²) in [6.07, 6.45) is 9.71. The Labute approximate surface area is 129 Å². The van der Waals surface area contributed by atoms with Crippen LogP contribution >= 0.6 is 0 Å². The molecule has 1 unspecified atom stereocenters.